The quantitative estimate of drug-likeness (QED) is 0.833. The molecule has 1 fully saturated rings. The van der Waals surface area contributed by atoms with Crippen LogP contribution in [0.5, 0.6) is 0 Å². The minimum atomic E-state index is 0.732. The molecule has 0 radical (unpaired) electrons. The highest BCUT2D eigenvalue weighted by atomic mass is 32.2. The second-order valence-corrected chi connectivity index (χ2v) is 5.51. The molecule has 0 aliphatic heterocycles. The normalized spacial score (nSPS) is 17.9. The van der Waals surface area contributed by atoms with Gasteiger partial charge in [0, 0.05) is 11.4 Å². The van der Waals surface area contributed by atoms with Crippen LogP contribution in [0.2, 0.25) is 0 Å². The summed E-state index contributed by atoms with van der Waals surface area (Å²) in [5.41, 5.74) is 8.03. The van der Waals surface area contributed by atoms with Gasteiger partial charge >= 0.3 is 0 Å². The lowest BCUT2D eigenvalue weighted by atomic mass is 10.0. The molecule has 1 aromatic rings. The Morgan fingerprint density at radius 1 is 1.33 bits per heavy atom. The van der Waals surface area contributed by atoms with Crippen LogP contribution < -0.4 is 5.73 Å². The van der Waals surface area contributed by atoms with Crippen LogP contribution in [0.25, 0.3) is 0 Å². The molecule has 82 valence electrons. The van der Waals surface area contributed by atoms with E-state index in [1.54, 1.807) is 0 Å². The van der Waals surface area contributed by atoms with Gasteiger partial charge in [-0.2, -0.15) is 0 Å². The number of aromatic nitrogens is 1. The Morgan fingerprint density at radius 2 is 2.07 bits per heavy atom. The van der Waals surface area contributed by atoms with E-state index in [0.717, 1.165) is 21.5 Å². The lowest BCUT2D eigenvalue weighted by molar-refractivity contribution is 0.516. The van der Waals surface area contributed by atoms with Gasteiger partial charge in [0.2, 0.25) is 0 Å². The number of anilines is 1. The first-order valence-electron chi connectivity index (χ1n) is 5.65. The molecular formula is C12H18N2S. The summed E-state index contributed by atoms with van der Waals surface area (Å²) in [6, 6.07) is 1.97. The van der Waals surface area contributed by atoms with Crippen molar-refractivity contribution in [3.05, 3.63) is 17.8 Å². The maximum absolute atomic E-state index is 6.02. The highest BCUT2D eigenvalue weighted by Crippen LogP contribution is 2.35. The topological polar surface area (TPSA) is 38.9 Å². The van der Waals surface area contributed by atoms with Gasteiger partial charge in [0.1, 0.15) is 5.03 Å². The maximum atomic E-state index is 6.02. The Kier molecular flexibility index (Phi) is 3.52. The summed E-state index contributed by atoms with van der Waals surface area (Å²) in [5.74, 6) is 0. The van der Waals surface area contributed by atoms with Crippen LogP contribution in [0.1, 0.15) is 37.7 Å². The van der Waals surface area contributed by atoms with E-state index in [-0.39, 0.29) is 0 Å². The Labute approximate surface area is 95.7 Å². The molecular weight excluding hydrogens is 204 g/mol. The van der Waals surface area contributed by atoms with Crippen LogP contribution >= 0.6 is 11.8 Å². The van der Waals surface area contributed by atoms with E-state index in [9.17, 15) is 0 Å². The lowest BCUT2D eigenvalue weighted by Gasteiger charge is -2.21. The second kappa shape index (κ2) is 4.88. The Hall–Kier alpha value is -0.700. The minimum Gasteiger partial charge on any atom is -0.396 e. The molecule has 2 rings (SSSR count). The van der Waals surface area contributed by atoms with Gasteiger partial charge < -0.3 is 5.73 Å². The van der Waals surface area contributed by atoms with Gasteiger partial charge in [-0.25, -0.2) is 4.98 Å². The molecule has 0 atom stereocenters. The SMILES string of the molecule is Cc1ccnc(SC2CCCCC2)c1N. The minimum absolute atomic E-state index is 0.732. The van der Waals surface area contributed by atoms with Crippen molar-refractivity contribution in [2.45, 2.75) is 49.3 Å². The van der Waals surface area contributed by atoms with Crippen LogP contribution in [0.4, 0.5) is 5.69 Å². The summed E-state index contributed by atoms with van der Waals surface area (Å²) in [4.78, 5) is 4.37. The third-order valence-corrected chi connectivity index (χ3v) is 4.36. The number of nitrogens with two attached hydrogens (primary N) is 1. The van der Waals surface area contributed by atoms with Crippen molar-refractivity contribution in [3.8, 4) is 0 Å². The number of pyridine rings is 1. The molecule has 1 heterocycles. The van der Waals surface area contributed by atoms with E-state index in [1.165, 1.54) is 32.1 Å². The van der Waals surface area contributed by atoms with Gasteiger partial charge in [0.25, 0.3) is 0 Å². The van der Waals surface area contributed by atoms with Crippen molar-refractivity contribution < 1.29 is 0 Å². The first-order valence-corrected chi connectivity index (χ1v) is 6.53. The highest BCUT2D eigenvalue weighted by molar-refractivity contribution is 8.00. The van der Waals surface area contributed by atoms with Crippen LogP contribution in [0.3, 0.4) is 0 Å². The van der Waals surface area contributed by atoms with Crippen LogP contribution in [-0.4, -0.2) is 10.2 Å². The number of rotatable bonds is 2. The first-order chi connectivity index (χ1) is 7.27. The fraction of sp³-hybridized carbons (Fsp3) is 0.583. The average molecular weight is 222 g/mol. The molecule has 0 unspecified atom stereocenters. The summed E-state index contributed by atoms with van der Waals surface area (Å²) < 4.78 is 0. The van der Waals surface area contributed by atoms with Gasteiger partial charge in [-0.1, -0.05) is 19.3 Å². The molecule has 15 heavy (non-hydrogen) atoms. The molecule has 1 saturated carbocycles. The van der Waals surface area contributed by atoms with Gasteiger partial charge in [-0.3, -0.25) is 0 Å². The van der Waals surface area contributed by atoms with Crippen molar-refractivity contribution in [3.63, 3.8) is 0 Å². The predicted octanol–water partition coefficient (Wildman–Crippen LogP) is 3.40. The molecule has 1 aliphatic rings. The number of thioether (sulfide) groups is 1. The fourth-order valence-electron chi connectivity index (χ4n) is 1.98. The van der Waals surface area contributed by atoms with Crippen LogP contribution in [0.15, 0.2) is 17.3 Å². The highest BCUT2D eigenvalue weighted by Gasteiger charge is 2.16. The molecule has 0 amide bonds. The third kappa shape index (κ3) is 2.65. The average Bonchev–Trinajstić information content (AvgIpc) is 2.26. The van der Waals surface area contributed by atoms with E-state index in [0.29, 0.717) is 0 Å². The number of nitrogens with zero attached hydrogens (tertiary/aromatic N) is 1. The smallest absolute Gasteiger partial charge is 0.119 e. The zero-order valence-corrected chi connectivity index (χ0v) is 10.0. The Morgan fingerprint density at radius 3 is 2.80 bits per heavy atom. The van der Waals surface area contributed by atoms with E-state index < -0.39 is 0 Å². The van der Waals surface area contributed by atoms with E-state index in [1.807, 2.05) is 30.9 Å². The van der Waals surface area contributed by atoms with Gasteiger partial charge in [0.05, 0.1) is 5.69 Å². The Balaban J connectivity index is 2.06. The molecule has 2 N–H and O–H groups in total. The molecule has 2 nitrogen and oxygen atoms in total. The first kappa shape index (κ1) is 10.8. The van der Waals surface area contributed by atoms with Crippen LogP contribution in [-0.2, 0) is 0 Å². The number of nitrogen functional groups attached to an aromatic ring is 1. The molecule has 1 aromatic heterocycles. The van der Waals surface area contributed by atoms with E-state index >= 15 is 0 Å². The zero-order valence-electron chi connectivity index (χ0n) is 9.20. The van der Waals surface area contributed by atoms with Crippen molar-refractivity contribution in [1.29, 1.82) is 0 Å². The zero-order chi connectivity index (χ0) is 10.7. The van der Waals surface area contributed by atoms with E-state index in [4.69, 9.17) is 5.73 Å². The Bertz CT molecular complexity index is 332. The molecule has 3 heteroatoms. The lowest BCUT2D eigenvalue weighted by Crippen LogP contribution is -2.09. The molecule has 0 bridgehead atoms. The number of hydrogen-bond donors (Lipinski definition) is 1. The summed E-state index contributed by atoms with van der Waals surface area (Å²) in [6.45, 7) is 2.04. The maximum Gasteiger partial charge on any atom is 0.119 e. The molecule has 0 saturated heterocycles. The summed E-state index contributed by atoms with van der Waals surface area (Å²) >= 11 is 1.87. The van der Waals surface area contributed by atoms with Gasteiger partial charge in [-0.05, 0) is 31.4 Å². The number of hydrogen-bond acceptors (Lipinski definition) is 3. The van der Waals surface area contributed by atoms with Crippen molar-refractivity contribution in [2.24, 2.45) is 0 Å². The standard InChI is InChI=1S/C12H18N2S/c1-9-7-8-14-12(11(9)13)15-10-5-3-2-4-6-10/h7-8,10H,2-6,13H2,1H3. The monoisotopic (exact) mass is 222 g/mol. The van der Waals surface area contributed by atoms with Crippen molar-refractivity contribution in [1.82, 2.24) is 4.98 Å². The largest absolute Gasteiger partial charge is 0.396 e. The number of aryl methyl sites for hydroxylation is 1. The van der Waals surface area contributed by atoms with Gasteiger partial charge in [0.15, 0.2) is 0 Å². The summed E-state index contributed by atoms with van der Waals surface area (Å²) in [7, 11) is 0. The van der Waals surface area contributed by atoms with Crippen molar-refractivity contribution >= 4 is 17.4 Å². The second-order valence-electron chi connectivity index (χ2n) is 4.22. The fourth-order valence-corrected chi connectivity index (χ4v) is 3.27. The summed E-state index contributed by atoms with van der Waals surface area (Å²) in [6.07, 6.45) is 8.62. The molecule has 1 aliphatic carbocycles. The van der Waals surface area contributed by atoms with Crippen molar-refractivity contribution in [2.75, 3.05) is 5.73 Å². The third-order valence-electron chi connectivity index (χ3n) is 3.00. The molecule has 0 spiro atoms. The van der Waals surface area contributed by atoms with Gasteiger partial charge in [-0.15, -0.1) is 11.8 Å². The van der Waals surface area contributed by atoms with E-state index in [2.05, 4.69) is 4.98 Å². The predicted molar refractivity (Wildman–Crippen MR) is 66.1 cm³/mol. The van der Waals surface area contributed by atoms with Crippen LogP contribution in [0, 0.1) is 6.92 Å². The summed E-state index contributed by atoms with van der Waals surface area (Å²) in [5, 5.41) is 1.76. The molecule has 0 aromatic carbocycles.